The molecular weight excluding hydrogens is 164 g/mol. The normalized spacial score (nSPS) is 10.8. The molecule has 0 radical (unpaired) electrons. The monoisotopic (exact) mass is 179 g/mol. The first-order valence-electron chi connectivity index (χ1n) is 4.54. The Morgan fingerprint density at radius 3 is 3.08 bits per heavy atom. The third kappa shape index (κ3) is 2.86. The molecule has 1 heterocycles. The van der Waals surface area contributed by atoms with Crippen LogP contribution in [-0.2, 0) is 6.54 Å². The number of nitrogens with zero attached hydrogens (tertiary/aromatic N) is 2. The highest BCUT2D eigenvalue weighted by molar-refractivity contribution is 5.74. The van der Waals surface area contributed by atoms with Gasteiger partial charge in [-0.1, -0.05) is 18.5 Å². The number of pyridine rings is 1. The topological polar surface area (TPSA) is 36.5 Å². The van der Waals surface area contributed by atoms with E-state index in [1.807, 2.05) is 24.4 Å². The molecule has 0 aromatic carbocycles. The minimum atomic E-state index is 0.929. The molecule has 0 bridgehead atoms. The van der Waals surface area contributed by atoms with E-state index in [1.165, 1.54) is 6.21 Å². The lowest BCUT2D eigenvalue weighted by Crippen LogP contribution is -2.37. The van der Waals surface area contributed by atoms with Crippen LogP contribution < -0.4 is 4.57 Å². The number of oxime groups is 1. The molecule has 1 rings (SSSR count). The van der Waals surface area contributed by atoms with Gasteiger partial charge in [0.25, 0.3) is 0 Å². The SMILES string of the molecule is CCCC[n+]1ccccc1C=NO. The van der Waals surface area contributed by atoms with Crippen LogP contribution in [0.2, 0.25) is 0 Å². The fraction of sp³-hybridized carbons (Fsp3) is 0.400. The van der Waals surface area contributed by atoms with E-state index in [0.717, 1.165) is 25.1 Å². The van der Waals surface area contributed by atoms with Crippen LogP contribution in [0.3, 0.4) is 0 Å². The lowest BCUT2D eigenvalue weighted by molar-refractivity contribution is -0.698. The van der Waals surface area contributed by atoms with E-state index in [9.17, 15) is 0 Å². The van der Waals surface area contributed by atoms with Crippen LogP contribution in [0, 0.1) is 0 Å². The van der Waals surface area contributed by atoms with E-state index < -0.39 is 0 Å². The van der Waals surface area contributed by atoms with Gasteiger partial charge in [0.2, 0.25) is 5.69 Å². The second kappa shape index (κ2) is 5.30. The summed E-state index contributed by atoms with van der Waals surface area (Å²) in [6.45, 7) is 3.13. The van der Waals surface area contributed by atoms with Gasteiger partial charge in [0.1, 0.15) is 12.8 Å². The summed E-state index contributed by atoms with van der Waals surface area (Å²) in [5.74, 6) is 0. The smallest absolute Gasteiger partial charge is 0.227 e. The van der Waals surface area contributed by atoms with Gasteiger partial charge in [0, 0.05) is 18.6 Å². The van der Waals surface area contributed by atoms with Crippen molar-refractivity contribution in [2.24, 2.45) is 5.16 Å². The Morgan fingerprint density at radius 2 is 2.38 bits per heavy atom. The average molecular weight is 179 g/mol. The Kier molecular flexibility index (Phi) is 3.96. The molecule has 0 atom stereocenters. The molecule has 1 aromatic heterocycles. The third-order valence-corrected chi connectivity index (χ3v) is 1.92. The van der Waals surface area contributed by atoms with Gasteiger partial charge in [-0.2, -0.15) is 4.57 Å². The largest absolute Gasteiger partial charge is 0.411 e. The lowest BCUT2D eigenvalue weighted by atomic mass is 10.3. The molecule has 0 saturated carbocycles. The number of aryl methyl sites for hydroxylation is 1. The number of rotatable bonds is 4. The first-order chi connectivity index (χ1) is 6.38. The second-order valence-electron chi connectivity index (χ2n) is 2.92. The van der Waals surface area contributed by atoms with E-state index in [2.05, 4.69) is 16.6 Å². The van der Waals surface area contributed by atoms with E-state index in [1.54, 1.807) is 0 Å². The fourth-order valence-corrected chi connectivity index (χ4v) is 1.20. The van der Waals surface area contributed by atoms with Gasteiger partial charge in [-0.15, -0.1) is 0 Å². The van der Waals surface area contributed by atoms with Gasteiger partial charge in [-0.25, -0.2) is 0 Å². The van der Waals surface area contributed by atoms with Crippen LogP contribution in [-0.4, -0.2) is 11.4 Å². The second-order valence-corrected chi connectivity index (χ2v) is 2.92. The molecule has 0 aliphatic rings. The predicted molar refractivity (Wildman–Crippen MR) is 50.9 cm³/mol. The van der Waals surface area contributed by atoms with Crippen molar-refractivity contribution in [3.8, 4) is 0 Å². The van der Waals surface area contributed by atoms with E-state index >= 15 is 0 Å². The van der Waals surface area contributed by atoms with Crippen molar-refractivity contribution in [2.45, 2.75) is 26.3 Å². The minimum absolute atomic E-state index is 0.929. The molecule has 0 saturated heterocycles. The van der Waals surface area contributed by atoms with Crippen molar-refractivity contribution in [3.63, 3.8) is 0 Å². The zero-order chi connectivity index (χ0) is 9.52. The highest BCUT2D eigenvalue weighted by Crippen LogP contribution is 1.91. The molecule has 1 aromatic rings. The summed E-state index contributed by atoms with van der Waals surface area (Å²) in [5.41, 5.74) is 0.929. The van der Waals surface area contributed by atoms with E-state index in [0.29, 0.717) is 0 Å². The van der Waals surface area contributed by atoms with E-state index in [4.69, 9.17) is 5.21 Å². The van der Waals surface area contributed by atoms with Gasteiger partial charge in [-0.3, -0.25) is 0 Å². The Bertz CT molecular complexity index is 284. The van der Waals surface area contributed by atoms with Gasteiger partial charge in [-0.05, 0) is 6.07 Å². The van der Waals surface area contributed by atoms with Crippen molar-refractivity contribution >= 4 is 6.21 Å². The summed E-state index contributed by atoms with van der Waals surface area (Å²) in [6, 6.07) is 5.83. The van der Waals surface area contributed by atoms with Crippen molar-refractivity contribution in [1.82, 2.24) is 0 Å². The Balaban J connectivity index is 2.78. The van der Waals surface area contributed by atoms with Crippen LogP contribution in [0.5, 0.6) is 0 Å². The maximum atomic E-state index is 8.43. The molecule has 0 unspecified atom stereocenters. The summed E-state index contributed by atoms with van der Waals surface area (Å²) in [4.78, 5) is 0. The van der Waals surface area contributed by atoms with Crippen molar-refractivity contribution in [1.29, 1.82) is 0 Å². The highest BCUT2D eigenvalue weighted by atomic mass is 16.4. The average Bonchev–Trinajstić information content (AvgIpc) is 2.17. The fourth-order valence-electron chi connectivity index (χ4n) is 1.20. The lowest BCUT2D eigenvalue weighted by Gasteiger charge is -1.97. The molecule has 1 N–H and O–H groups in total. The minimum Gasteiger partial charge on any atom is -0.411 e. The van der Waals surface area contributed by atoms with Gasteiger partial charge < -0.3 is 5.21 Å². The van der Waals surface area contributed by atoms with Crippen molar-refractivity contribution in [3.05, 3.63) is 30.1 Å². The Labute approximate surface area is 78.3 Å². The van der Waals surface area contributed by atoms with Crippen LogP contribution in [0.25, 0.3) is 0 Å². The van der Waals surface area contributed by atoms with Gasteiger partial charge in [0.05, 0.1) is 0 Å². The molecule has 0 aliphatic heterocycles. The zero-order valence-corrected chi connectivity index (χ0v) is 7.85. The number of aromatic nitrogens is 1. The maximum absolute atomic E-state index is 8.43. The van der Waals surface area contributed by atoms with Gasteiger partial charge >= 0.3 is 0 Å². The third-order valence-electron chi connectivity index (χ3n) is 1.92. The summed E-state index contributed by atoms with van der Waals surface area (Å²) in [5, 5.41) is 11.5. The Morgan fingerprint density at radius 1 is 1.54 bits per heavy atom. The molecule has 70 valence electrons. The summed E-state index contributed by atoms with van der Waals surface area (Å²) in [6.07, 6.45) is 5.75. The maximum Gasteiger partial charge on any atom is 0.227 e. The summed E-state index contributed by atoms with van der Waals surface area (Å²) >= 11 is 0. The number of unbranched alkanes of at least 4 members (excludes halogenated alkanes) is 1. The quantitative estimate of drug-likeness (QED) is 0.324. The molecular formula is C10H15N2O+. The number of hydrogen-bond acceptors (Lipinski definition) is 2. The van der Waals surface area contributed by atoms with E-state index in [-0.39, 0.29) is 0 Å². The molecule has 13 heavy (non-hydrogen) atoms. The summed E-state index contributed by atoms with van der Waals surface area (Å²) < 4.78 is 2.07. The first kappa shape index (κ1) is 9.71. The first-order valence-corrected chi connectivity index (χ1v) is 4.54. The summed E-state index contributed by atoms with van der Waals surface area (Å²) in [7, 11) is 0. The molecule has 3 nitrogen and oxygen atoms in total. The van der Waals surface area contributed by atoms with Crippen molar-refractivity contribution < 1.29 is 9.77 Å². The standard InChI is InChI=1S/C10H14N2O/c1-2-3-7-12-8-5-4-6-10(12)9-11-13/h4-6,8-9H,2-3,7H2,1H3/p+1. The molecule has 0 amide bonds. The molecule has 0 spiro atoms. The predicted octanol–water partition coefficient (Wildman–Crippen LogP) is 1.58. The van der Waals surface area contributed by atoms with Crippen LogP contribution in [0.1, 0.15) is 25.5 Å². The van der Waals surface area contributed by atoms with Crippen LogP contribution >= 0.6 is 0 Å². The zero-order valence-electron chi connectivity index (χ0n) is 7.85. The number of hydrogen-bond donors (Lipinski definition) is 1. The highest BCUT2D eigenvalue weighted by Gasteiger charge is 2.05. The van der Waals surface area contributed by atoms with Crippen LogP contribution in [0.4, 0.5) is 0 Å². The molecule has 0 aliphatic carbocycles. The molecule has 0 fully saturated rings. The van der Waals surface area contributed by atoms with Gasteiger partial charge in [0.15, 0.2) is 6.20 Å². The van der Waals surface area contributed by atoms with Crippen LogP contribution in [0.15, 0.2) is 29.6 Å². The Hall–Kier alpha value is -1.38. The van der Waals surface area contributed by atoms with Crippen molar-refractivity contribution in [2.75, 3.05) is 0 Å². The molecule has 3 heteroatoms.